The van der Waals surface area contributed by atoms with Gasteiger partial charge in [-0.1, -0.05) is 0 Å². The van der Waals surface area contributed by atoms with Gasteiger partial charge in [0.05, 0.1) is 11.7 Å². The van der Waals surface area contributed by atoms with Gasteiger partial charge in [0.2, 0.25) is 5.95 Å². The first-order valence-corrected chi connectivity index (χ1v) is 6.98. The second-order valence-electron chi connectivity index (χ2n) is 5.54. The highest BCUT2D eigenvalue weighted by molar-refractivity contribution is 5.45. The lowest BCUT2D eigenvalue weighted by molar-refractivity contribution is -0.141. The first-order chi connectivity index (χ1) is 10.6. The maximum Gasteiger partial charge on any atom is 0.433 e. The molecule has 0 aliphatic heterocycles. The van der Waals surface area contributed by atoms with Gasteiger partial charge in [-0.2, -0.15) is 23.3 Å². The Kier molecular flexibility index (Phi) is 4.49. The van der Waals surface area contributed by atoms with Crippen molar-refractivity contribution < 1.29 is 13.2 Å². The van der Waals surface area contributed by atoms with Crippen LogP contribution in [0.25, 0.3) is 0 Å². The molecule has 6 nitrogen and oxygen atoms in total. The van der Waals surface area contributed by atoms with Gasteiger partial charge in [-0.25, -0.2) is 4.98 Å². The largest absolute Gasteiger partial charge is 0.433 e. The summed E-state index contributed by atoms with van der Waals surface area (Å²) in [5.74, 6) is 0.115. The SMILES string of the molecule is Cc1nn(C)cc1C(C)Nc1nc(N(C)C)cc(C(F)(F)F)n1. The summed E-state index contributed by atoms with van der Waals surface area (Å²) in [6.07, 6.45) is -2.72. The monoisotopic (exact) mass is 328 g/mol. The van der Waals surface area contributed by atoms with Gasteiger partial charge in [0.25, 0.3) is 0 Å². The molecule has 0 fully saturated rings. The lowest BCUT2D eigenvalue weighted by Gasteiger charge is -2.18. The summed E-state index contributed by atoms with van der Waals surface area (Å²) in [5, 5.41) is 7.14. The van der Waals surface area contributed by atoms with Gasteiger partial charge in [-0.15, -0.1) is 0 Å². The molecule has 126 valence electrons. The van der Waals surface area contributed by atoms with Crippen molar-refractivity contribution in [3.05, 3.63) is 29.2 Å². The van der Waals surface area contributed by atoms with E-state index in [1.165, 1.54) is 4.90 Å². The van der Waals surface area contributed by atoms with Crippen molar-refractivity contribution >= 4 is 11.8 Å². The number of hydrogen-bond donors (Lipinski definition) is 1. The zero-order valence-corrected chi connectivity index (χ0v) is 13.6. The Labute approximate surface area is 132 Å². The van der Waals surface area contributed by atoms with E-state index >= 15 is 0 Å². The number of aromatic nitrogens is 4. The Morgan fingerprint density at radius 2 is 1.91 bits per heavy atom. The highest BCUT2D eigenvalue weighted by atomic mass is 19.4. The van der Waals surface area contributed by atoms with Gasteiger partial charge in [-0.05, 0) is 13.8 Å². The number of nitrogens with one attached hydrogen (secondary N) is 1. The van der Waals surface area contributed by atoms with E-state index in [1.54, 1.807) is 25.8 Å². The Morgan fingerprint density at radius 3 is 2.39 bits per heavy atom. The molecule has 2 heterocycles. The Bertz CT molecular complexity index is 692. The van der Waals surface area contributed by atoms with Gasteiger partial charge in [0.15, 0.2) is 5.69 Å². The number of rotatable bonds is 4. The van der Waals surface area contributed by atoms with Crippen LogP contribution in [-0.4, -0.2) is 33.8 Å². The molecular weight excluding hydrogens is 309 g/mol. The average Bonchev–Trinajstić information content (AvgIpc) is 2.76. The van der Waals surface area contributed by atoms with Crippen LogP contribution in [0.15, 0.2) is 12.3 Å². The minimum Gasteiger partial charge on any atom is -0.363 e. The maximum absolute atomic E-state index is 13.0. The van der Waals surface area contributed by atoms with Crippen molar-refractivity contribution in [2.24, 2.45) is 7.05 Å². The Hall–Kier alpha value is -2.32. The van der Waals surface area contributed by atoms with Crippen molar-refractivity contribution in [3.63, 3.8) is 0 Å². The molecule has 1 N–H and O–H groups in total. The van der Waals surface area contributed by atoms with Gasteiger partial charge < -0.3 is 10.2 Å². The zero-order valence-electron chi connectivity index (χ0n) is 13.6. The molecule has 1 atom stereocenters. The Morgan fingerprint density at radius 1 is 1.26 bits per heavy atom. The van der Waals surface area contributed by atoms with Crippen LogP contribution >= 0.6 is 0 Å². The highest BCUT2D eigenvalue weighted by Gasteiger charge is 2.34. The van der Waals surface area contributed by atoms with E-state index in [-0.39, 0.29) is 17.8 Å². The third-order valence-corrected chi connectivity index (χ3v) is 3.32. The molecule has 0 amide bonds. The number of hydrogen-bond acceptors (Lipinski definition) is 5. The van der Waals surface area contributed by atoms with E-state index in [9.17, 15) is 13.2 Å². The standard InChI is InChI=1S/C14H19F3N6/c1-8(10-7-23(5)21-9(10)2)18-13-19-11(14(15,16)17)6-12(20-13)22(3)4/h6-8H,1-5H3,(H,18,19,20). The molecule has 2 rings (SSSR count). The van der Waals surface area contributed by atoms with Gasteiger partial charge >= 0.3 is 6.18 Å². The summed E-state index contributed by atoms with van der Waals surface area (Å²) in [6, 6.07) is 0.646. The fourth-order valence-electron chi connectivity index (χ4n) is 2.19. The van der Waals surface area contributed by atoms with Gasteiger partial charge in [0, 0.05) is 39.0 Å². The second-order valence-corrected chi connectivity index (χ2v) is 5.54. The molecule has 0 aliphatic carbocycles. The molecule has 0 bridgehead atoms. The van der Waals surface area contributed by atoms with E-state index in [4.69, 9.17) is 0 Å². The van der Waals surface area contributed by atoms with E-state index in [0.29, 0.717) is 0 Å². The number of alkyl halides is 3. The summed E-state index contributed by atoms with van der Waals surface area (Å²) < 4.78 is 40.6. The number of aryl methyl sites for hydroxylation is 2. The predicted molar refractivity (Wildman–Crippen MR) is 81.3 cm³/mol. The van der Waals surface area contributed by atoms with Crippen LogP contribution in [0.5, 0.6) is 0 Å². The molecule has 23 heavy (non-hydrogen) atoms. The fourth-order valence-corrected chi connectivity index (χ4v) is 2.19. The van der Waals surface area contributed by atoms with Crippen molar-refractivity contribution in [1.29, 1.82) is 0 Å². The molecule has 0 saturated carbocycles. The molecular formula is C14H19F3N6. The lowest BCUT2D eigenvalue weighted by atomic mass is 10.1. The number of nitrogens with zero attached hydrogens (tertiary/aromatic N) is 5. The quantitative estimate of drug-likeness (QED) is 0.935. The Balaban J connectivity index is 2.35. The van der Waals surface area contributed by atoms with Crippen LogP contribution in [0.1, 0.15) is 29.9 Å². The third kappa shape index (κ3) is 3.91. The molecule has 0 aliphatic rings. The van der Waals surface area contributed by atoms with Crippen LogP contribution in [0.3, 0.4) is 0 Å². The topological polar surface area (TPSA) is 58.9 Å². The fraction of sp³-hybridized carbons (Fsp3) is 0.500. The van der Waals surface area contributed by atoms with E-state index in [2.05, 4.69) is 20.4 Å². The summed E-state index contributed by atoms with van der Waals surface area (Å²) in [4.78, 5) is 9.21. The minimum atomic E-state index is -4.53. The molecule has 0 aromatic carbocycles. The molecule has 0 spiro atoms. The number of anilines is 2. The highest BCUT2D eigenvalue weighted by Crippen LogP contribution is 2.31. The smallest absolute Gasteiger partial charge is 0.363 e. The summed E-state index contributed by atoms with van der Waals surface area (Å²) in [7, 11) is 5.04. The second kappa shape index (κ2) is 6.05. The van der Waals surface area contributed by atoms with Gasteiger partial charge in [0.1, 0.15) is 5.82 Å². The first kappa shape index (κ1) is 17.0. The van der Waals surface area contributed by atoms with Crippen molar-refractivity contribution in [3.8, 4) is 0 Å². The third-order valence-electron chi connectivity index (χ3n) is 3.32. The normalized spacial score (nSPS) is 13.0. The summed E-state index contributed by atoms with van der Waals surface area (Å²) >= 11 is 0. The van der Waals surface area contributed by atoms with Crippen LogP contribution in [0.2, 0.25) is 0 Å². The molecule has 0 saturated heterocycles. The molecule has 0 radical (unpaired) electrons. The van der Waals surface area contributed by atoms with Crippen molar-refractivity contribution in [2.75, 3.05) is 24.3 Å². The zero-order chi connectivity index (χ0) is 17.4. The van der Waals surface area contributed by atoms with Crippen LogP contribution in [0.4, 0.5) is 24.9 Å². The van der Waals surface area contributed by atoms with E-state index in [0.717, 1.165) is 17.3 Å². The van der Waals surface area contributed by atoms with Crippen LogP contribution in [-0.2, 0) is 13.2 Å². The predicted octanol–water partition coefficient (Wildman–Crippen LogP) is 2.78. The maximum atomic E-state index is 13.0. The average molecular weight is 328 g/mol. The van der Waals surface area contributed by atoms with E-state index in [1.807, 2.05) is 20.0 Å². The van der Waals surface area contributed by atoms with Gasteiger partial charge in [-0.3, -0.25) is 4.68 Å². The summed E-state index contributed by atoms with van der Waals surface area (Å²) in [6.45, 7) is 3.66. The molecule has 2 aromatic heterocycles. The van der Waals surface area contributed by atoms with Crippen LogP contribution < -0.4 is 10.2 Å². The van der Waals surface area contributed by atoms with Crippen molar-refractivity contribution in [2.45, 2.75) is 26.1 Å². The molecule has 2 aromatic rings. The molecule has 1 unspecified atom stereocenters. The molecule has 9 heteroatoms. The number of halogens is 3. The van der Waals surface area contributed by atoms with E-state index < -0.39 is 11.9 Å². The lowest BCUT2D eigenvalue weighted by Crippen LogP contribution is -2.18. The van der Waals surface area contributed by atoms with Crippen LogP contribution in [0, 0.1) is 6.92 Å². The summed E-state index contributed by atoms with van der Waals surface area (Å²) in [5.41, 5.74) is 0.695. The van der Waals surface area contributed by atoms with Crippen molar-refractivity contribution in [1.82, 2.24) is 19.7 Å². The minimum absolute atomic E-state index is 0.0701. The first-order valence-electron chi connectivity index (χ1n) is 6.98.